The lowest BCUT2D eigenvalue weighted by molar-refractivity contribution is 0.00578. The number of hydrogen-bond donors (Lipinski definition) is 0. The average molecular weight is 285 g/mol. The van der Waals surface area contributed by atoms with Crippen molar-refractivity contribution in [3.05, 3.63) is 54.5 Å². The summed E-state index contributed by atoms with van der Waals surface area (Å²) in [5.41, 5.74) is 0.492. The fourth-order valence-electron chi connectivity index (χ4n) is 2.21. The van der Waals surface area contributed by atoms with Crippen LogP contribution in [0.15, 0.2) is 54.5 Å². The first kappa shape index (κ1) is 9.44. The summed E-state index contributed by atoms with van der Waals surface area (Å²) >= 11 is 0. The quantitative estimate of drug-likeness (QED) is 0.784. The van der Waals surface area contributed by atoms with Crippen molar-refractivity contribution in [1.29, 1.82) is 0 Å². The van der Waals surface area contributed by atoms with Crippen molar-refractivity contribution < 1.29 is 16.2 Å². The van der Waals surface area contributed by atoms with E-state index in [9.17, 15) is 0 Å². The van der Waals surface area contributed by atoms with E-state index in [2.05, 4.69) is 0 Å². The molecule has 0 N–H and O–H groups in total. The molecule has 108 valence electrons. The summed E-state index contributed by atoms with van der Waals surface area (Å²) in [7, 11) is -0.579. The highest BCUT2D eigenvalue weighted by Gasteiger charge is 2.51. The third kappa shape index (κ3) is 2.64. The van der Waals surface area contributed by atoms with Gasteiger partial charge < -0.3 is 9.31 Å². The fourth-order valence-corrected chi connectivity index (χ4v) is 2.21. The molecule has 2 nitrogen and oxygen atoms in total. The lowest BCUT2D eigenvalue weighted by Gasteiger charge is -2.32. The normalized spacial score (nSPS) is 23.0. The molecule has 21 heavy (non-hydrogen) atoms. The Morgan fingerprint density at radius 2 is 1.52 bits per heavy atom. The molecule has 0 aliphatic carbocycles. The van der Waals surface area contributed by atoms with E-state index in [0.717, 1.165) is 5.46 Å². The van der Waals surface area contributed by atoms with Gasteiger partial charge in [-0.3, -0.25) is 0 Å². The fraction of sp³-hybridized carbons (Fsp3) is 0.333. The summed E-state index contributed by atoms with van der Waals surface area (Å²) in [6.45, 7) is 7.86. The zero-order valence-corrected chi connectivity index (χ0v) is 12.7. The Hall–Kier alpha value is -1.58. The molecule has 0 amide bonds. The summed E-state index contributed by atoms with van der Waals surface area (Å²) in [6, 6.07) is 5.58. The molecule has 1 aliphatic rings. The molecule has 3 rings (SSSR count). The number of hydrogen-bond acceptors (Lipinski definition) is 2. The van der Waals surface area contributed by atoms with Gasteiger partial charge in [0.15, 0.2) is 0 Å². The second kappa shape index (κ2) is 5.01. The van der Waals surface area contributed by atoms with E-state index in [4.69, 9.17) is 16.2 Å². The maximum absolute atomic E-state index is 8.14. The van der Waals surface area contributed by atoms with Gasteiger partial charge in [0.1, 0.15) is 0 Å². The summed E-state index contributed by atoms with van der Waals surface area (Å²) in [6.07, 6.45) is 0. The first-order valence-electron chi connectivity index (χ1n) is 9.49. The van der Waals surface area contributed by atoms with Gasteiger partial charge >= 0.3 is 7.12 Å². The van der Waals surface area contributed by atoms with Gasteiger partial charge in [0.05, 0.1) is 18.1 Å². The smallest absolute Gasteiger partial charge is 0.399 e. The molecule has 0 unspecified atom stereocenters. The van der Waals surface area contributed by atoms with Gasteiger partial charge in [-0.1, -0.05) is 54.5 Å². The molecular formula is C18H21BO2. The van der Waals surface area contributed by atoms with Gasteiger partial charge in [0.2, 0.25) is 0 Å². The Kier molecular flexibility index (Phi) is 2.25. The molecular weight excluding hydrogens is 259 g/mol. The first-order chi connectivity index (χ1) is 12.0. The van der Waals surface area contributed by atoms with Gasteiger partial charge in [-0.15, -0.1) is 0 Å². The van der Waals surface area contributed by atoms with Crippen LogP contribution in [0.5, 0.6) is 0 Å². The van der Waals surface area contributed by atoms with Crippen LogP contribution in [-0.4, -0.2) is 18.3 Å². The van der Waals surface area contributed by atoms with Gasteiger partial charge in [-0.2, -0.15) is 0 Å². The Bertz CT molecular complexity index is 837. The van der Waals surface area contributed by atoms with Crippen LogP contribution >= 0.6 is 0 Å². The van der Waals surface area contributed by atoms with Crippen LogP contribution in [0.4, 0.5) is 0 Å². The van der Waals surface area contributed by atoms with E-state index >= 15 is 0 Å². The Morgan fingerprint density at radius 3 is 2.14 bits per heavy atom. The lowest BCUT2D eigenvalue weighted by Crippen LogP contribution is -2.41. The SMILES string of the molecule is [2H]c1c([2H])c([2H])c(-c2cccc(B3OC(C)(C)C(C)(C)O3)c2)c([2H])c1[2H]. The molecule has 1 heterocycles. The minimum atomic E-state index is -0.579. The molecule has 0 spiro atoms. The maximum Gasteiger partial charge on any atom is 0.494 e. The molecule has 0 bridgehead atoms. The van der Waals surface area contributed by atoms with E-state index in [1.54, 1.807) is 18.2 Å². The zero-order valence-electron chi connectivity index (χ0n) is 17.7. The summed E-state index contributed by atoms with van der Waals surface area (Å²) in [5, 5.41) is 0. The van der Waals surface area contributed by atoms with E-state index < -0.39 is 24.4 Å². The van der Waals surface area contributed by atoms with Gasteiger partial charge in [0.25, 0.3) is 0 Å². The van der Waals surface area contributed by atoms with Crippen LogP contribution in [-0.2, 0) is 9.31 Å². The summed E-state index contributed by atoms with van der Waals surface area (Å²) in [5.74, 6) is 0. The predicted octanol–water partition coefficient (Wildman–Crippen LogP) is 3.65. The standard InChI is InChI=1S/C18H21BO2/c1-17(2)18(3,4)21-19(20-17)16-12-8-11-15(13-16)14-9-6-5-7-10-14/h5-13H,1-4H3/i5D,6D,7D,9D,10D. The molecule has 3 heteroatoms. The van der Waals surface area contributed by atoms with Crippen LogP contribution in [0, 0.1) is 0 Å². The monoisotopic (exact) mass is 285 g/mol. The van der Waals surface area contributed by atoms with Crippen molar-refractivity contribution in [1.82, 2.24) is 0 Å². The number of rotatable bonds is 2. The minimum Gasteiger partial charge on any atom is -0.399 e. The molecule has 2 aromatic carbocycles. The highest BCUT2D eigenvalue weighted by molar-refractivity contribution is 6.62. The van der Waals surface area contributed by atoms with Crippen molar-refractivity contribution in [2.24, 2.45) is 0 Å². The summed E-state index contributed by atoms with van der Waals surface area (Å²) < 4.78 is 51.8. The average Bonchev–Trinajstić information content (AvgIpc) is 2.79. The van der Waals surface area contributed by atoms with Crippen molar-refractivity contribution in [2.45, 2.75) is 38.9 Å². The van der Waals surface area contributed by atoms with Gasteiger partial charge in [0, 0.05) is 0 Å². The Morgan fingerprint density at radius 1 is 0.905 bits per heavy atom. The van der Waals surface area contributed by atoms with E-state index in [0.29, 0.717) is 5.56 Å². The molecule has 2 aromatic rings. The van der Waals surface area contributed by atoms with Crippen LogP contribution in [0.25, 0.3) is 11.1 Å². The zero-order chi connectivity index (χ0) is 19.4. The van der Waals surface area contributed by atoms with Crippen LogP contribution < -0.4 is 5.46 Å². The molecule has 1 fully saturated rings. The van der Waals surface area contributed by atoms with Gasteiger partial charge in [-0.05, 0) is 44.3 Å². The molecule has 1 saturated heterocycles. The van der Waals surface area contributed by atoms with Crippen LogP contribution in [0.2, 0.25) is 0 Å². The predicted molar refractivity (Wildman–Crippen MR) is 87.6 cm³/mol. The third-order valence-electron chi connectivity index (χ3n) is 4.20. The maximum atomic E-state index is 8.14. The van der Waals surface area contributed by atoms with Crippen LogP contribution in [0.3, 0.4) is 0 Å². The Balaban J connectivity index is 2.08. The number of benzene rings is 2. The van der Waals surface area contributed by atoms with Crippen LogP contribution in [0.1, 0.15) is 34.5 Å². The molecule has 0 atom stereocenters. The largest absolute Gasteiger partial charge is 0.494 e. The third-order valence-corrected chi connectivity index (χ3v) is 4.20. The molecule has 0 aromatic heterocycles. The van der Waals surface area contributed by atoms with Crippen molar-refractivity contribution >= 4 is 12.6 Å². The molecule has 0 saturated carbocycles. The second-order valence-electron chi connectivity index (χ2n) is 6.21. The van der Waals surface area contributed by atoms with Gasteiger partial charge in [-0.25, -0.2) is 0 Å². The van der Waals surface area contributed by atoms with E-state index in [-0.39, 0.29) is 29.7 Å². The highest BCUT2D eigenvalue weighted by atomic mass is 16.7. The topological polar surface area (TPSA) is 18.5 Å². The van der Waals surface area contributed by atoms with Crippen molar-refractivity contribution in [3.8, 4) is 11.1 Å². The molecule has 0 radical (unpaired) electrons. The summed E-state index contributed by atoms with van der Waals surface area (Å²) in [4.78, 5) is 0. The Labute approximate surface area is 134 Å². The first-order valence-corrected chi connectivity index (χ1v) is 6.99. The van der Waals surface area contributed by atoms with E-state index in [1.807, 2.05) is 33.8 Å². The highest BCUT2D eigenvalue weighted by Crippen LogP contribution is 2.36. The minimum absolute atomic E-state index is 0.175. The molecule has 1 aliphatic heterocycles. The second-order valence-corrected chi connectivity index (χ2v) is 6.21. The van der Waals surface area contributed by atoms with E-state index in [1.165, 1.54) is 0 Å². The van der Waals surface area contributed by atoms with Crippen molar-refractivity contribution in [2.75, 3.05) is 0 Å². The van der Waals surface area contributed by atoms with Crippen molar-refractivity contribution in [3.63, 3.8) is 0 Å². The lowest BCUT2D eigenvalue weighted by atomic mass is 9.78.